The third-order valence-corrected chi connectivity index (χ3v) is 4.06. The third-order valence-electron chi connectivity index (χ3n) is 4.06. The zero-order valence-electron chi connectivity index (χ0n) is 12.6. The predicted octanol–water partition coefficient (Wildman–Crippen LogP) is 1.42. The number of unbranched alkanes of at least 4 members (excludes halogenated alkanes) is 6. The lowest BCUT2D eigenvalue weighted by Crippen LogP contribution is -2.51. The fourth-order valence-corrected chi connectivity index (χ4v) is 2.82. The molecule has 1 atom stereocenters. The molecule has 5 nitrogen and oxygen atoms in total. The molecular weight excluding hydrogens is 254 g/mol. The van der Waals surface area contributed by atoms with Crippen LogP contribution in [-0.2, 0) is 4.79 Å². The van der Waals surface area contributed by atoms with Gasteiger partial charge in [-0.1, -0.05) is 38.5 Å². The van der Waals surface area contributed by atoms with Crippen molar-refractivity contribution in [2.24, 2.45) is 5.73 Å². The van der Waals surface area contributed by atoms with Crippen molar-refractivity contribution < 1.29 is 9.90 Å². The minimum atomic E-state index is -0.658. The first-order valence-corrected chi connectivity index (χ1v) is 8.13. The van der Waals surface area contributed by atoms with Crippen LogP contribution in [0.3, 0.4) is 0 Å². The van der Waals surface area contributed by atoms with Gasteiger partial charge in [0, 0.05) is 26.2 Å². The highest BCUT2D eigenvalue weighted by Crippen LogP contribution is 2.13. The number of carboxylic acid groups (broad SMARTS) is 1. The van der Waals surface area contributed by atoms with Crippen LogP contribution < -0.4 is 11.1 Å². The molecule has 5 heteroatoms. The van der Waals surface area contributed by atoms with Crippen molar-refractivity contribution in [1.82, 2.24) is 10.2 Å². The number of nitrogens with one attached hydrogen (secondary N) is 1. The van der Waals surface area contributed by atoms with Crippen molar-refractivity contribution in [3.05, 3.63) is 0 Å². The number of hydrogen-bond acceptors (Lipinski definition) is 4. The standard InChI is InChI=1S/C15H31N3O2/c16-9-7-5-3-1-2-4-6-8-14(15(19)20)18-12-10-17-11-13-18/h14,17H,1-13,16H2,(H,19,20). The Balaban J connectivity index is 2.08. The normalized spacial score (nSPS) is 18.1. The van der Waals surface area contributed by atoms with Crippen LogP contribution >= 0.6 is 0 Å². The number of piperazine rings is 1. The van der Waals surface area contributed by atoms with Gasteiger partial charge in [0.15, 0.2) is 0 Å². The quantitative estimate of drug-likeness (QED) is 0.500. The molecule has 1 unspecified atom stereocenters. The van der Waals surface area contributed by atoms with E-state index in [4.69, 9.17) is 5.73 Å². The van der Waals surface area contributed by atoms with E-state index in [2.05, 4.69) is 10.2 Å². The van der Waals surface area contributed by atoms with Crippen molar-refractivity contribution in [2.45, 2.75) is 57.4 Å². The van der Waals surface area contributed by atoms with Crippen LogP contribution in [0.4, 0.5) is 0 Å². The molecule has 0 spiro atoms. The van der Waals surface area contributed by atoms with Gasteiger partial charge in [-0.2, -0.15) is 0 Å². The lowest BCUT2D eigenvalue weighted by atomic mass is 10.0. The minimum Gasteiger partial charge on any atom is -0.480 e. The van der Waals surface area contributed by atoms with Crippen molar-refractivity contribution >= 4 is 5.97 Å². The fourth-order valence-electron chi connectivity index (χ4n) is 2.82. The first-order valence-electron chi connectivity index (χ1n) is 8.13. The zero-order valence-corrected chi connectivity index (χ0v) is 12.6. The summed E-state index contributed by atoms with van der Waals surface area (Å²) in [4.78, 5) is 13.5. The molecule has 1 aliphatic rings. The molecule has 0 amide bonds. The molecule has 118 valence electrons. The number of carboxylic acids is 1. The van der Waals surface area contributed by atoms with Crippen molar-refractivity contribution in [3.8, 4) is 0 Å². The molecule has 0 aliphatic carbocycles. The van der Waals surface area contributed by atoms with E-state index in [0.29, 0.717) is 0 Å². The maximum Gasteiger partial charge on any atom is 0.320 e. The Bertz CT molecular complexity index is 256. The third kappa shape index (κ3) is 7.22. The summed E-state index contributed by atoms with van der Waals surface area (Å²) in [6.45, 7) is 4.33. The van der Waals surface area contributed by atoms with Gasteiger partial charge < -0.3 is 16.2 Å². The molecule has 0 radical (unpaired) electrons. The Morgan fingerprint density at radius 2 is 1.60 bits per heavy atom. The van der Waals surface area contributed by atoms with Crippen molar-refractivity contribution in [3.63, 3.8) is 0 Å². The van der Waals surface area contributed by atoms with Gasteiger partial charge in [-0.05, 0) is 19.4 Å². The molecule has 1 rings (SSSR count). The minimum absolute atomic E-state index is 0.283. The van der Waals surface area contributed by atoms with E-state index in [9.17, 15) is 9.90 Å². The Morgan fingerprint density at radius 3 is 2.15 bits per heavy atom. The maximum atomic E-state index is 11.4. The molecule has 1 heterocycles. The summed E-state index contributed by atoms with van der Waals surface area (Å²) in [5.74, 6) is -0.658. The van der Waals surface area contributed by atoms with Crippen LogP contribution in [0, 0.1) is 0 Å². The summed E-state index contributed by atoms with van der Waals surface area (Å²) in [6, 6.07) is -0.283. The lowest BCUT2D eigenvalue weighted by Gasteiger charge is -2.32. The van der Waals surface area contributed by atoms with Crippen LogP contribution in [0.1, 0.15) is 51.4 Å². The molecule has 1 saturated heterocycles. The molecule has 1 aliphatic heterocycles. The average Bonchev–Trinajstić information content (AvgIpc) is 2.46. The average molecular weight is 285 g/mol. The van der Waals surface area contributed by atoms with Gasteiger partial charge in [0.1, 0.15) is 6.04 Å². The summed E-state index contributed by atoms with van der Waals surface area (Å²) in [5.41, 5.74) is 5.46. The van der Waals surface area contributed by atoms with Gasteiger partial charge in [-0.25, -0.2) is 0 Å². The van der Waals surface area contributed by atoms with E-state index in [0.717, 1.165) is 58.4 Å². The van der Waals surface area contributed by atoms with Crippen LogP contribution in [0.25, 0.3) is 0 Å². The Hall–Kier alpha value is -0.650. The maximum absolute atomic E-state index is 11.4. The summed E-state index contributed by atoms with van der Waals surface area (Å²) in [7, 11) is 0. The van der Waals surface area contributed by atoms with Gasteiger partial charge in [0.05, 0.1) is 0 Å². The molecular formula is C15H31N3O2. The number of aliphatic carboxylic acids is 1. The highest BCUT2D eigenvalue weighted by atomic mass is 16.4. The van der Waals surface area contributed by atoms with Crippen LogP contribution in [0.15, 0.2) is 0 Å². The SMILES string of the molecule is NCCCCCCCCCC(C(=O)O)N1CCNCC1. The number of carbonyl (C=O) groups is 1. The molecule has 0 aromatic carbocycles. The van der Waals surface area contributed by atoms with Gasteiger partial charge in [-0.3, -0.25) is 9.69 Å². The molecule has 4 N–H and O–H groups in total. The number of hydrogen-bond donors (Lipinski definition) is 3. The first kappa shape index (κ1) is 17.4. The fraction of sp³-hybridized carbons (Fsp3) is 0.933. The van der Waals surface area contributed by atoms with Crippen LogP contribution in [-0.4, -0.2) is 54.7 Å². The molecule has 1 fully saturated rings. The molecule has 0 saturated carbocycles. The van der Waals surface area contributed by atoms with Crippen molar-refractivity contribution in [1.29, 1.82) is 0 Å². The Labute approximate surface area is 122 Å². The monoisotopic (exact) mass is 285 g/mol. The molecule has 0 aromatic heterocycles. The van der Waals surface area contributed by atoms with Crippen LogP contribution in [0.5, 0.6) is 0 Å². The summed E-state index contributed by atoms with van der Waals surface area (Å²) >= 11 is 0. The van der Waals surface area contributed by atoms with E-state index < -0.39 is 5.97 Å². The molecule has 0 bridgehead atoms. The molecule has 20 heavy (non-hydrogen) atoms. The first-order chi connectivity index (χ1) is 9.75. The number of rotatable bonds is 11. The summed E-state index contributed by atoms with van der Waals surface area (Å²) in [6.07, 6.45) is 9.06. The lowest BCUT2D eigenvalue weighted by molar-refractivity contribution is -0.143. The topological polar surface area (TPSA) is 78.6 Å². The second kappa shape index (κ2) is 11.1. The van der Waals surface area contributed by atoms with Crippen molar-refractivity contribution in [2.75, 3.05) is 32.7 Å². The number of nitrogens with two attached hydrogens (primary N) is 1. The zero-order chi connectivity index (χ0) is 14.6. The number of nitrogens with zero attached hydrogens (tertiary/aromatic N) is 1. The van der Waals surface area contributed by atoms with Crippen LogP contribution in [0.2, 0.25) is 0 Å². The second-order valence-electron chi connectivity index (χ2n) is 5.69. The van der Waals surface area contributed by atoms with Gasteiger partial charge in [-0.15, -0.1) is 0 Å². The van der Waals surface area contributed by atoms with E-state index in [1.807, 2.05) is 0 Å². The largest absolute Gasteiger partial charge is 0.480 e. The van der Waals surface area contributed by atoms with Gasteiger partial charge in [0.2, 0.25) is 0 Å². The van der Waals surface area contributed by atoms with E-state index in [1.165, 1.54) is 25.7 Å². The molecule has 0 aromatic rings. The van der Waals surface area contributed by atoms with E-state index in [-0.39, 0.29) is 6.04 Å². The van der Waals surface area contributed by atoms with Gasteiger partial charge >= 0.3 is 5.97 Å². The Morgan fingerprint density at radius 1 is 1.05 bits per heavy atom. The summed E-state index contributed by atoms with van der Waals surface area (Å²) < 4.78 is 0. The summed E-state index contributed by atoms with van der Waals surface area (Å²) in [5, 5.41) is 12.6. The van der Waals surface area contributed by atoms with E-state index >= 15 is 0 Å². The highest BCUT2D eigenvalue weighted by molar-refractivity contribution is 5.73. The Kier molecular flexibility index (Phi) is 9.62. The smallest absolute Gasteiger partial charge is 0.320 e. The highest BCUT2D eigenvalue weighted by Gasteiger charge is 2.25. The van der Waals surface area contributed by atoms with E-state index in [1.54, 1.807) is 0 Å². The predicted molar refractivity (Wildman–Crippen MR) is 81.9 cm³/mol. The second-order valence-corrected chi connectivity index (χ2v) is 5.69. The van der Waals surface area contributed by atoms with Gasteiger partial charge in [0.25, 0.3) is 0 Å².